The molecule has 1 saturated heterocycles. The molecule has 2 heterocycles. The Balaban J connectivity index is 1.64. The monoisotopic (exact) mass is 435 g/mol. The lowest BCUT2D eigenvalue weighted by molar-refractivity contribution is 0.0617. The summed E-state index contributed by atoms with van der Waals surface area (Å²) in [6, 6.07) is 5.36. The third-order valence-corrected chi connectivity index (χ3v) is 5.30. The van der Waals surface area contributed by atoms with Gasteiger partial charge in [-0.25, -0.2) is 0 Å². The van der Waals surface area contributed by atoms with E-state index >= 15 is 0 Å². The third-order valence-electron chi connectivity index (χ3n) is 5.02. The maximum absolute atomic E-state index is 13.1. The Kier molecular flexibility index (Phi) is 7.99. The van der Waals surface area contributed by atoms with Gasteiger partial charge in [0.25, 0.3) is 5.91 Å². The fourth-order valence-corrected chi connectivity index (χ4v) is 3.68. The first-order chi connectivity index (χ1) is 14.5. The number of carbonyl (C=O) groups is 1. The number of carbonyl (C=O) groups excluding carboxylic acids is 1. The molecular formula is C22H30ClN3O4. The maximum atomic E-state index is 13.1. The molecule has 30 heavy (non-hydrogen) atoms. The van der Waals surface area contributed by atoms with Gasteiger partial charge < -0.3 is 18.9 Å². The van der Waals surface area contributed by atoms with Crippen molar-refractivity contribution in [2.75, 3.05) is 39.4 Å². The third kappa shape index (κ3) is 5.67. The van der Waals surface area contributed by atoms with E-state index in [1.54, 1.807) is 12.1 Å². The molecule has 2 aromatic rings. The summed E-state index contributed by atoms with van der Waals surface area (Å²) in [7, 11) is 0. The Hall–Kier alpha value is -2.25. The van der Waals surface area contributed by atoms with Gasteiger partial charge in [-0.2, -0.15) is 0 Å². The molecule has 1 aliphatic rings. The van der Waals surface area contributed by atoms with Gasteiger partial charge in [0.15, 0.2) is 17.3 Å². The van der Waals surface area contributed by atoms with Crippen LogP contribution in [0.25, 0.3) is 0 Å². The van der Waals surface area contributed by atoms with E-state index in [1.165, 1.54) is 0 Å². The fraction of sp³-hybridized carbons (Fsp3) is 0.545. The molecule has 0 bridgehead atoms. The number of nitrogens with zero attached hydrogens (tertiary/aromatic N) is 3. The Morgan fingerprint density at radius 1 is 1.17 bits per heavy atom. The molecule has 7 nitrogen and oxygen atoms in total. The zero-order valence-electron chi connectivity index (χ0n) is 17.9. The van der Waals surface area contributed by atoms with Crippen LogP contribution in [0, 0.1) is 6.92 Å². The minimum Gasteiger partial charge on any atom is -0.490 e. The molecule has 1 aromatic carbocycles. The van der Waals surface area contributed by atoms with Crippen LogP contribution in [0.1, 0.15) is 48.5 Å². The number of hydrogen-bond donors (Lipinski definition) is 0. The Morgan fingerprint density at radius 3 is 2.57 bits per heavy atom. The summed E-state index contributed by atoms with van der Waals surface area (Å²) in [5, 5.41) is 4.33. The lowest BCUT2D eigenvalue weighted by atomic mass is 10.1. The molecule has 1 aliphatic heterocycles. The highest BCUT2D eigenvalue weighted by Gasteiger charge is 2.25. The molecule has 0 saturated carbocycles. The number of halogens is 1. The van der Waals surface area contributed by atoms with Gasteiger partial charge in [-0.1, -0.05) is 30.1 Å². The number of piperazine rings is 1. The Bertz CT molecular complexity index is 847. The summed E-state index contributed by atoms with van der Waals surface area (Å²) in [5.41, 5.74) is 1.40. The van der Waals surface area contributed by atoms with Gasteiger partial charge in [0.2, 0.25) is 0 Å². The highest BCUT2D eigenvalue weighted by atomic mass is 35.5. The maximum Gasteiger partial charge on any atom is 0.254 e. The molecule has 1 amide bonds. The van der Waals surface area contributed by atoms with Crippen molar-refractivity contribution in [3.05, 3.63) is 40.2 Å². The predicted molar refractivity (Wildman–Crippen MR) is 115 cm³/mol. The van der Waals surface area contributed by atoms with Crippen molar-refractivity contribution in [3.63, 3.8) is 0 Å². The molecule has 164 valence electrons. The van der Waals surface area contributed by atoms with Crippen molar-refractivity contribution in [1.29, 1.82) is 0 Å². The van der Waals surface area contributed by atoms with Crippen molar-refractivity contribution in [2.45, 2.75) is 40.2 Å². The molecule has 1 fully saturated rings. The van der Waals surface area contributed by atoms with E-state index < -0.39 is 0 Å². The van der Waals surface area contributed by atoms with Gasteiger partial charge in [0.1, 0.15) is 0 Å². The molecule has 0 aliphatic carbocycles. The van der Waals surface area contributed by atoms with E-state index in [1.807, 2.05) is 24.8 Å². The van der Waals surface area contributed by atoms with Crippen molar-refractivity contribution in [1.82, 2.24) is 15.0 Å². The number of aromatic nitrogens is 1. The fourth-order valence-electron chi connectivity index (χ4n) is 3.42. The van der Waals surface area contributed by atoms with Crippen LogP contribution in [-0.2, 0) is 6.54 Å². The average Bonchev–Trinajstić information content (AvgIpc) is 3.14. The number of benzene rings is 1. The van der Waals surface area contributed by atoms with E-state index in [2.05, 4.69) is 17.0 Å². The molecule has 3 rings (SSSR count). The van der Waals surface area contributed by atoms with Crippen LogP contribution in [0.4, 0.5) is 0 Å². The number of ether oxygens (including phenoxy) is 2. The highest BCUT2D eigenvalue weighted by Crippen LogP contribution is 2.37. The second kappa shape index (κ2) is 10.7. The first kappa shape index (κ1) is 22.4. The summed E-state index contributed by atoms with van der Waals surface area (Å²) < 4.78 is 16.8. The van der Waals surface area contributed by atoms with Gasteiger partial charge in [-0.15, -0.1) is 0 Å². The minimum atomic E-state index is -0.0480. The van der Waals surface area contributed by atoms with Gasteiger partial charge in [0.05, 0.1) is 30.5 Å². The molecule has 0 N–H and O–H groups in total. The molecule has 0 radical (unpaired) electrons. The van der Waals surface area contributed by atoms with E-state index in [9.17, 15) is 4.79 Å². The number of hydrogen-bond acceptors (Lipinski definition) is 6. The molecule has 0 unspecified atom stereocenters. The van der Waals surface area contributed by atoms with Crippen LogP contribution in [-0.4, -0.2) is 60.3 Å². The zero-order chi connectivity index (χ0) is 21.5. The van der Waals surface area contributed by atoms with Crippen LogP contribution in [0.15, 0.2) is 22.7 Å². The average molecular weight is 436 g/mol. The Morgan fingerprint density at radius 2 is 1.93 bits per heavy atom. The van der Waals surface area contributed by atoms with Crippen molar-refractivity contribution < 1.29 is 18.8 Å². The lowest BCUT2D eigenvalue weighted by Gasteiger charge is -2.34. The van der Waals surface area contributed by atoms with Crippen LogP contribution in [0.5, 0.6) is 11.5 Å². The summed E-state index contributed by atoms with van der Waals surface area (Å²) in [6.07, 6.45) is 1.96. The van der Waals surface area contributed by atoms with E-state index in [-0.39, 0.29) is 5.91 Å². The largest absolute Gasteiger partial charge is 0.490 e. The molecular weight excluding hydrogens is 406 g/mol. The lowest BCUT2D eigenvalue weighted by Crippen LogP contribution is -2.48. The SMILES string of the molecule is CCCCOc1c(Cl)cc(C(=O)N2CCN(Cc3cc(C)no3)CC2)cc1OCC. The number of amides is 1. The standard InChI is InChI=1S/C22H30ClN3O4/c1-4-6-11-29-21-19(23)13-17(14-20(21)28-5-2)22(27)26-9-7-25(8-10-26)15-18-12-16(3)24-30-18/h12-14H,4-11,15H2,1-3H3. The molecule has 0 atom stereocenters. The molecule has 1 aromatic heterocycles. The predicted octanol–water partition coefficient (Wildman–Crippen LogP) is 4.17. The summed E-state index contributed by atoms with van der Waals surface area (Å²) >= 11 is 6.45. The second-order valence-corrected chi connectivity index (χ2v) is 7.83. The van der Waals surface area contributed by atoms with Crippen molar-refractivity contribution in [3.8, 4) is 11.5 Å². The summed E-state index contributed by atoms with van der Waals surface area (Å²) in [5.74, 6) is 1.83. The van der Waals surface area contributed by atoms with Crippen LogP contribution in [0.3, 0.4) is 0 Å². The van der Waals surface area contributed by atoms with E-state index in [0.717, 1.165) is 37.4 Å². The number of aryl methyl sites for hydroxylation is 1. The first-order valence-electron chi connectivity index (χ1n) is 10.5. The quantitative estimate of drug-likeness (QED) is 0.550. The van der Waals surface area contributed by atoms with Crippen molar-refractivity contribution in [2.24, 2.45) is 0 Å². The molecule has 8 heteroatoms. The minimum absolute atomic E-state index is 0.0480. The smallest absolute Gasteiger partial charge is 0.254 e. The van der Waals surface area contributed by atoms with Crippen LogP contribution >= 0.6 is 11.6 Å². The van der Waals surface area contributed by atoms with E-state index in [4.69, 9.17) is 25.6 Å². The number of rotatable bonds is 9. The summed E-state index contributed by atoms with van der Waals surface area (Å²) in [6.45, 7) is 10.5. The second-order valence-electron chi connectivity index (χ2n) is 7.42. The van der Waals surface area contributed by atoms with Crippen LogP contribution < -0.4 is 9.47 Å². The normalized spacial score (nSPS) is 14.7. The highest BCUT2D eigenvalue weighted by molar-refractivity contribution is 6.32. The van der Waals surface area contributed by atoms with Gasteiger partial charge in [-0.3, -0.25) is 9.69 Å². The first-order valence-corrected chi connectivity index (χ1v) is 10.9. The zero-order valence-corrected chi connectivity index (χ0v) is 18.7. The Labute approximate surface area is 182 Å². The van der Waals surface area contributed by atoms with Gasteiger partial charge >= 0.3 is 0 Å². The summed E-state index contributed by atoms with van der Waals surface area (Å²) in [4.78, 5) is 17.2. The van der Waals surface area contributed by atoms with Crippen LogP contribution in [0.2, 0.25) is 5.02 Å². The van der Waals surface area contributed by atoms with E-state index in [0.29, 0.717) is 54.9 Å². The van der Waals surface area contributed by atoms with Gasteiger partial charge in [0, 0.05) is 37.8 Å². The van der Waals surface area contributed by atoms with Gasteiger partial charge in [-0.05, 0) is 32.4 Å². The topological polar surface area (TPSA) is 68.0 Å². The van der Waals surface area contributed by atoms with Crippen molar-refractivity contribution >= 4 is 17.5 Å². The molecule has 0 spiro atoms. The number of unbranched alkanes of at least 4 members (excludes halogenated alkanes) is 1.